The maximum atomic E-state index is 13.4. The Kier molecular flexibility index (Phi) is 8.26. The SMILES string of the molecule is CN(C)[C@H]1CCN(c2ccc(-c3cc(C(=O)NC[C@H]4CC[C@H](CNC(=O)O)CC4)c4ccccc4n3)cn2)C1. The molecule has 0 spiro atoms. The number of carboxylic acid groups (broad SMARTS) is 1. The number of benzene rings is 1. The quantitative estimate of drug-likeness (QED) is 0.400. The average Bonchev–Trinajstić information content (AvgIpc) is 3.46. The number of amides is 2. The van der Waals surface area contributed by atoms with Crippen molar-refractivity contribution in [1.82, 2.24) is 25.5 Å². The molecule has 0 unspecified atom stereocenters. The molecule has 2 aliphatic rings. The van der Waals surface area contributed by atoms with E-state index in [1.54, 1.807) is 0 Å². The van der Waals surface area contributed by atoms with Gasteiger partial charge in [-0.05, 0) is 82.3 Å². The summed E-state index contributed by atoms with van der Waals surface area (Å²) in [6.07, 6.45) is 5.93. The van der Waals surface area contributed by atoms with Crippen LogP contribution in [0.25, 0.3) is 22.2 Å². The Labute approximate surface area is 229 Å². The minimum absolute atomic E-state index is 0.0964. The summed E-state index contributed by atoms with van der Waals surface area (Å²) < 4.78 is 0. The van der Waals surface area contributed by atoms with Gasteiger partial charge < -0.3 is 25.5 Å². The van der Waals surface area contributed by atoms with Gasteiger partial charge in [0.05, 0.1) is 16.8 Å². The summed E-state index contributed by atoms with van der Waals surface area (Å²) in [5.74, 6) is 1.65. The van der Waals surface area contributed by atoms with Crippen LogP contribution in [0.15, 0.2) is 48.7 Å². The first-order valence-corrected chi connectivity index (χ1v) is 13.9. The molecule has 1 aliphatic heterocycles. The lowest BCUT2D eigenvalue weighted by Gasteiger charge is -2.28. The fourth-order valence-corrected chi connectivity index (χ4v) is 5.81. The molecule has 0 radical (unpaired) electrons. The zero-order valence-corrected chi connectivity index (χ0v) is 22.8. The first-order valence-electron chi connectivity index (χ1n) is 13.9. The number of likely N-dealkylation sites (N-methyl/N-ethyl adjacent to an activating group) is 1. The van der Waals surface area contributed by atoms with Crippen molar-refractivity contribution in [1.29, 1.82) is 0 Å². The third-order valence-corrected chi connectivity index (χ3v) is 8.28. The number of anilines is 1. The number of nitrogens with zero attached hydrogens (tertiary/aromatic N) is 4. The summed E-state index contributed by atoms with van der Waals surface area (Å²) in [7, 11) is 4.24. The van der Waals surface area contributed by atoms with Gasteiger partial charge in [-0.25, -0.2) is 14.8 Å². The molecule has 1 saturated heterocycles. The van der Waals surface area contributed by atoms with Gasteiger partial charge in [-0.2, -0.15) is 0 Å². The van der Waals surface area contributed by atoms with Crippen molar-refractivity contribution in [2.45, 2.75) is 38.1 Å². The number of nitrogens with one attached hydrogen (secondary N) is 2. The summed E-state index contributed by atoms with van der Waals surface area (Å²) in [5, 5.41) is 15.3. The van der Waals surface area contributed by atoms with Crippen LogP contribution < -0.4 is 15.5 Å². The van der Waals surface area contributed by atoms with Crippen LogP contribution in [0.4, 0.5) is 10.6 Å². The number of para-hydroxylation sites is 1. The topological polar surface area (TPSA) is 111 Å². The summed E-state index contributed by atoms with van der Waals surface area (Å²) in [5.41, 5.74) is 3.02. The van der Waals surface area contributed by atoms with Crippen LogP contribution in [0.2, 0.25) is 0 Å². The van der Waals surface area contributed by atoms with Crippen molar-refractivity contribution in [2.24, 2.45) is 11.8 Å². The largest absolute Gasteiger partial charge is 0.465 e. The van der Waals surface area contributed by atoms with Crippen LogP contribution in [0.3, 0.4) is 0 Å². The molecule has 3 heterocycles. The lowest BCUT2D eigenvalue weighted by molar-refractivity contribution is 0.0942. The fourth-order valence-electron chi connectivity index (χ4n) is 5.81. The van der Waals surface area contributed by atoms with Crippen LogP contribution in [0, 0.1) is 11.8 Å². The lowest BCUT2D eigenvalue weighted by Crippen LogP contribution is -2.34. The van der Waals surface area contributed by atoms with Gasteiger partial charge in [0.1, 0.15) is 5.82 Å². The molecule has 1 aliphatic carbocycles. The van der Waals surface area contributed by atoms with E-state index in [0.717, 1.165) is 73.2 Å². The van der Waals surface area contributed by atoms with Crippen LogP contribution in [0.5, 0.6) is 0 Å². The Morgan fingerprint density at radius 3 is 2.36 bits per heavy atom. The standard InChI is InChI=1S/C30H38N6O3/c1-35(2)23-13-14-36(19-23)28-12-11-22(18-31-28)27-15-25(24-5-3-4-6-26(24)34-27)29(37)32-16-20-7-9-21(10-8-20)17-33-30(38)39/h3-6,11-12,15,18,20-21,23,33H,7-10,13-14,16-17,19H2,1-2H3,(H,32,37)(H,38,39)/t20-,21-,23-/m0/s1. The van der Waals surface area contributed by atoms with Crippen molar-refractivity contribution >= 4 is 28.7 Å². The molecule has 9 heteroatoms. The molecule has 3 aromatic rings. The molecule has 9 nitrogen and oxygen atoms in total. The second-order valence-corrected chi connectivity index (χ2v) is 11.1. The predicted octanol–water partition coefficient (Wildman–Crippen LogP) is 4.24. The number of aromatic nitrogens is 2. The number of hydrogen-bond acceptors (Lipinski definition) is 6. The third kappa shape index (κ3) is 6.47. The minimum Gasteiger partial charge on any atom is -0.465 e. The van der Waals surface area contributed by atoms with Gasteiger partial charge in [0, 0.05) is 49.4 Å². The van der Waals surface area contributed by atoms with E-state index in [2.05, 4.69) is 34.5 Å². The fraction of sp³-hybridized carbons (Fsp3) is 0.467. The highest BCUT2D eigenvalue weighted by molar-refractivity contribution is 6.07. The van der Waals surface area contributed by atoms with E-state index in [1.165, 1.54) is 0 Å². The van der Waals surface area contributed by atoms with Gasteiger partial charge in [-0.15, -0.1) is 0 Å². The maximum absolute atomic E-state index is 13.4. The van der Waals surface area contributed by atoms with E-state index < -0.39 is 6.09 Å². The van der Waals surface area contributed by atoms with Gasteiger partial charge >= 0.3 is 6.09 Å². The van der Waals surface area contributed by atoms with Crippen molar-refractivity contribution in [2.75, 3.05) is 45.2 Å². The molecule has 3 N–H and O–H groups in total. The maximum Gasteiger partial charge on any atom is 0.404 e. The molecule has 1 aromatic carbocycles. The first kappa shape index (κ1) is 26.9. The molecule has 39 heavy (non-hydrogen) atoms. The third-order valence-electron chi connectivity index (χ3n) is 8.28. The summed E-state index contributed by atoms with van der Waals surface area (Å²) >= 11 is 0. The number of carbonyl (C=O) groups excluding carboxylic acids is 1. The summed E-state index contributed by atoms with van der Waals surface area (Å²) in [6, 6.07) is 14.3. The molecule has 2 amide bonds. The van der Waals surface area contributed by atoms with Crippen LogP contribution >= 0.6 is 0 Å². The lowest BCUT2D eigenvalue weighted by atomic mass is 9.82. The van der Waals surface area contributed by atoms with Gasteiger partial charge in [0.2, 0.25) is 0 Å². The number of rotatable bonds is 8. The van der Waals surface area contributed by atoms with Gasteiger partial charge in [0.25, 0.3) is 5.91 Å². The molecule has 5 rings (SSSR count). The van der Waals surface area contributed by atoms with Gasteiger partial charge in [-0.1, -0.05) is 18.2 Å². The molecule has 1 atom stereocenters. The van der Waals surface area contributed by atoms with Gasteiger partial charge in [0.15, 0.2) is 0 Å². The molecule has 1 saturated carbocycles. The second kappa shape index (κ2) is 12.0. The number of pyridine rings is 2. The smallest absolute Gasteiger partial charge is 0.404 e. The highest BCUT2D eigenvalue weighted by atomic mass is 16.4. The average molecular weight is 531 g/mol. The minimum atomic E-state index is -0.968. The highest BCUT2D eigenvalue weighted by Gasteiger charge is 2.25. The first-order chi connectivity index (χ1) is 18.9. The monoisotopic (exact) mass is 530 g/mol. The van der Waals surface area contributed by atoms with E-state index >= 15 is 0 Å². The Balaban J connectivity index is 1.27. The van der Waals surface area contributed by atoms with Crippen molar-refractivity contribution < 1.29 is 14.7 Å². The van der Waals surface area contributed by atoms with Crippen LogP contribution in [0.1, 0.15) is 42.5 Å². The van der Waals surface area contributed by atoms with E-state index in [0.29, 0.717) is 36.5 Å². The van der Waals surface area contributed by atoms with Crippen LogP contribution in [-0.4, -0.2) is 78.3 Å². The Morgan fingerprint density at radius 2 is 1.72 bits per heavy atom. The predicted molar refractivity (Wildman–Crippen MR) is 153 cm³/mol. The highest BCUT2D eigenvalue weighted by Crippen LogP contribution is 2.29. The summed E-state index contributed by atoms with van der Waals surface area (Å²) in [4.78, 5) is 38.3. The zero-order chi connectivity index (χ0) is 27.4. The van der Waals surface area contributed by atoms with Crippen molar-refractivity contribution in [3.8, 4) is 11.3 Å². The second-order valence-electron chi connectivity index (χ2n) is 11.1. The van der Waals surface area contributed by atoms with E-state index in [4.69, 9.17) is 15.1 Å². The number of carbonyl (C=O) groups is 2. The Bertz CT molecular complexity index is 1300. The van der Waals surface area contributed by atoms with Crippen molar-refractivity contribution in [3.63, 3.8) is 0 Å². The van der Waals surface area contributed by atoms with Crippen LogP contribution in [-0.2, 0) is 0 Å². The molecular weight excluding hydrogens is 492 g/mol. The number of hydrogen-bond donors (Lipinski definition) is 3. The molecule has 206 valence electrons. The van der Waals surface area contributed by atoms with Gasteiger partial charge in [-0.3, -0.25) is 4.79 Å². The normalized spacial score (nSPS) is 21.3. The van der Waals surface area contributed by atoms with Crippen molar-refractivity contribution in [3.05, 3.63) is 54.2 Å². The van der Waals surface area contributed by atoms with E-state index in [1.807, 2.05) is 48.7 Å². The molecule has 2 aromatic heterocycles. The Morgan fingerprint density at radius 1 is 1.00 bits per heavy atom. The number of fused-ring (bicyclic) bond motifs is 1. The molecule has 0 bridgehead atoms. The van der Waals surface area contributed by atoms with E-state index in [9.17, 15) is 9.59 Å². The summed E-state index contributed by atoms with van der Waals surface area (Å²) in [6.45, 7) is 3.09. The zero-order valence-electron chi connectivity index (χ0n) is 22.8. The molecule has 2 fully saturated rings. The Hall–Kier alpha value is -3.72. The van der Waals surface area contributed by atoms with E-state index in [-0.39, 0.29) is 5.91 Å². The molecular formula is C30H38N6O3.